The zero-order chi connectivity index (χ0) is 14.9. The Labute approximate surface area is 121 Å². The van der Waals surface area contributed by atoms with E-state index in [0.29, 0.717) is 12.3 Å². The highest BCUT2D eigenvalue weighted by Gasteiger charge is 2.58. The number of pyridine rings is 1. The molecule has 1 saturated heterocycles. The molecule has 1 aliphatic heterocycles. The van der Waals surface area contributed by atoms with Gasteiger partial charge in [0.25, 0.3) is 0 Å². The Balaban J connectivity index is 1.70. The van der Waals surface area contributed by atoms with E-state index in [-0.39, 0.29) is 25.7 Å². The molecule has 2 fully saturated rings. The average molecular weight is 301 g/mol. The Kier molecular flexibility index (Phi) is 3.92. The molecular weight excluding hydrogens is 283 g/mol. The summed E-state index contributed by atoms with van der Waals surface area (Å²) < 4.78 is 50.9. The van der Waals surface area contributed by atoms with Gasteiger partial charge in [-0.05, 0) is 31.4 Å². The zero-order valence-corrected chi connectivity index (χ0v) is 11.7. The molecule has 2 aliphatic rings. The van der Waals surface area contributed by atoms with E-state index in [1.165, 1.54) is 12.1 Å². The Morgan fingerprint density at radius 3 is 2.67 bits per heavy atom. The van der Waals surface area contributed by atoms with Gasteiger partial charge in [-0.25, -0.2) is 13.2 Å². The third-order valence-corrected chi connectivity index (χ3v) is 4.15. The summed E-state index contributed by atoms with van der Waals surface area (Å²) in [6, 6.07) is 2.72. The monoisotopic (exact) mass is 301 g/mol. The van der Waals surface area contributed by atoms with Crippen LogP contribution in [0.2, 0.25) is 0 Å². The van der Waals surface area contributed by atoms with Gasteiger partial charge in [0.15, 0.2) is 6.29 Å². The van der Waals surface area contributed by atoms with Crippen molar-refractivity contribution in [3.63, 3.8) is 0 Å². The van der Waals surface area contributed by atoms with Gasteiger partial charge in [-0.1, -0.05) is 0 Å². The van der Waals surface area contributed by atoms with Gasteiger partial charge in [-0.3, -0.25) is 4.98 Å². The van der Waals surface area contributed by atoms with Crippen molar-refractivity contribution < 1.29 is 22.6 Å². The molecule has 0 radical (unpaired) electrons. The molecule has 1 aromatic rings. The molecule has 1 aliphatic carbocycles. The van der Waals surface area contributed by atoms with E-state index in [4.69, 9.17) is 9.47 Å². The minimum atomic E-state index is -2.70. The van der Waals surface area contributed by atoms with Crippen LogP contribution in [0.4, 0.5) is 13.2 Å². The summed E-state index contributed by atoms with van der Waals surface area (Å²) in [4.78, 5) is 3.97. The highest BCUT2D eigenvalue weighted by Crippen LogP contribution is 2.53. The molecule has 0 bridgehead atoms. The number of rotatable bonds is 4. The van der Waals surface area contributed by atoms with Crippen LogP contribution >= 0.6 is 0 Å². The Morgan fingerprint density at radius 1 is 1.29 bits per heavy atom. The number of hydrogen-bond donors (Lipinski definition) is 0. The summed E-state index contributed by atoms with van der Waals surface area (Å²) >= 11 is 0. The zero-order valence-electron chi connectivity index (χ0n) is 11.7. The lowest BCUT2D eigenvalue weighted by atomic mass is 9.64. The molecule has 6 heteroatoms. The van der Waals surface area contributed by atoms with Gasteiger partial charge in [0.05, 0.1) is 12.8 Å². The Bertz CT molecular complexity index is 478. The molecule has 0 spiro atoms. The van der Waals surface area contributed by atoms with E-state index in [1.807, 2.05) is 0 Å². The lowest BCUT2D eigenvalue weighted by Crippen LogP contribution is -2.53. The van der Waals surface area contributed by atoms with Gasteiger partial charge >= 0.3 is 0 Å². The molecule has 21 heavy (non-hydrogen) atoms. The first-order chi connectivity index (χ1) is 9.99. The molecule has 1 unspecified atom stereocenters. The molecule has 0 N–H and O–H groups in total. The van der Waals surface area contributed by atoms with Gasteiger partial charge < -0.3 is 9.47 Å². The van der Waals surface area contributed by atoms with Crippen molar-refractivity contribution in [1.29, 1.82) is 0 Å². The van der Waals surface area contributed by atoms with Crippen LogP contribution in [0.25, 0.3) is 0 Å². The van der Waals surface area contributed by atoms with Crippen LogP contribution < -0.4 is 0 Å². The standard InChI is InChI=1S/C15H18F3NO2/c16-11-4-5-12(19-7-11)14(8-15(17,18)9-14)10-21-13-3-1-2-6-20-13/h4-5,7,13H,1-3,6,8-10H2. The summed E-state index contributed by atoms with van der Waals surface area (Å²) in [6.07, 6.45) is 2.90. The lowest BCUT2D eigenvalue weighted by molar-refractivity contribution is -0.205. The van der Waals surface area contributed by atoms with E-state index in [2.05, 4.69) is 4.98 Å². The summed E-state index contributed by atoms with van der Waals surface area (Å²) in [7, 11) is 0. The number of halogens is 3. The van der Waals surface area contributed by atoms with Crippen molar-refractivity contribution in [2.45, 2.75) is 49.7 Å². The van der Waals surface area contributed by atoms with Crippen molar-refractivity contribution in [2.24, 2.45) is 0 Å². The van der Waals surface area contributed by atoms with E-state index in [1.54, 1.807) is 0 Å². The fraction of sp³-hybridized carbons (Fsp3) is 0.667. The molecule has 2 heterocycles. The molecule has 1 aromatic heterocycles. The minimum absolute atomic E-state index is 0.131. The SMILES string of the molecule is Fc1ccc(C2(COC3CCCCO3)CC(F)(F)C2)nc1. The maximum absolute atomic E-state index is 13.4. The van der Waals surface area contributed by atoms with Gasteiger partial charge in [-0.15, -0.1) is 0 Å². The minimum Gasteiger partial charge on any atom is -0.353 e. The average Bonchev–Trinajstić information content (AvgIpc) is 2.44. The van der Waals surface area contributed by atoms with Crippen LogP contribution in [0, 0.1) is 5.82 Å². The summed E-state index contributed by atoms with van der Waals surface area (Å²) in [5, 5.41) is 0. The van der Waals surface area contributed by atoms with Gasteiger partial charge in [0.1, 0.15) is 5.82 Å². The summed E-state index contributed by atoms with van der Waals surface area (Å²) in [5.41, 5.74) is -0.372. The molecule has 3 rings (SSSR count). The van der Waals surface area contributed by atoms with E-state index in [9.17, 15) is 13.2 Å². The Morgan fingerprint density at radius 2 is 2.10 bits per heavy atom. The normalized spacial score (nSPS) is 27.1. The van der Waals surface area contributed by atoms with Crippen LogP contribution in [0.15, 0.2) is 18.3 Å². The predicted octanol–water partition coefficient (Wildman–Crippen LogP) is 3.43. The largest absolute Gasteiger partial charge is 0.353 e. The maximum Gasteiger partial charge on any atom is 0.250 e. The molecule has 0 amide bonds. The van der Waals surface area contributed by atoms with Crippen LogP contribution in [0.3, 0.4) is 0 Å². The topological polar surface area (TPSA) is 31.4 Å². The third kappa shape index (κ3) is 3.21. The van der Waals surface area contributed by atoms with Gasteiger partial charge in [0, 0.05) is 30.6 Å². The van der Waals surface area contributed by atoms with Crippen LogP contribution in [0.5, 0.6) is 0 Å². The molecule has 0 aromatic carbocycles. The number of aromatic nitrogens is 1. The number of nitrogens with zero attached hydrogens (tertiary/aromatic N) is 1. The Hall–Kier alpha value is -1.14. The molecule has 116 valence electrons. The van der Waals surface area contributed by atoms with Crippen LogP contribution in [0.1, 0.15) is 37.8 Å². The van der Waals surface area contributed by atoms with Crippen molar-refractivity contribution in [1.82, 2.24) is 4.98 Å². The van der Waals surface area contributed by atoms with E-state index in [0.717, 1.165) is 25.5 Å². The second kappa shape index (κ2) is 5.57. The lowest BCUT2D eigenvalue weighted by Gasteiger charge is -2.47. The second-order valence-corrected chi connectivity index (χ2v) is 5.96. The highest BCUT2D eigenvalue weighted by molar-refractivity contribution is 5.24. The fourth-order valence-electron chi connectivity index (χ4n) is 3.08. The van der Waals surface area contributed by atoms with Gasteiger partial charge in [-0.2, -0.15) is 0 Å². The summed E-state index contributed by atoms with van der Waals surface area (Å²) in [6.45, 7) is 0.772. The fourth-order valence-corrected chi connectivity index (χ4v) is 3.08. The first-order valence-electron chi connectivity index (χ1n) is 7.22. The van der Waals surface area contributed by atoms with E-state index < -0.39 is 17.2 Å². The van der Waals surface area contributed by atoms with Crippen molar-refractivity contribution in [3.8, 4) is 0 Å². The number of alkyl halides is 2. The van der Waals surface area contributed by atoms with Crippen molar-refractivity contribution in [2.75, 3.05) is 13.2 Å². The second-order valence-electron chi connectivity index (χ2n) is 5.96. The van der Waals surface area contributed by atoms with Gasteiger partial charge in [0.2, 0.25) is 5.92 Å². The van der Waals surface area contributed by atoms with Crippen molar-refractivity contribution in [3.05, 3.63) is 29.8 Å². The van der Waals surface area contributed by atoms with Crippen molar-refractivity contribution >= 4 is 0 Å². The first kappa shape index (κ1) is 14.8. The quantitative estimate of drug-likeness (QED) is 0.854. The highest BCUT2D eigenvalue weighted by atomic mass is 19.3. The smallest absolute Gasteiger partial charge is 0.250 e. The summed E-state index contributed by atoms with van der Waals surface area (Å²) in [5.74, 6) is -3.18. The molecular formula is C15H18F3NO2. The number of hydrogen-bond acceptors (Lipinski definition) is 3. The first-order valence-corrected chi connectivity index (χ1v) is 7.22. The van der Waals surface area contributed by atoms with Crippen LogP contribution in [-0.2, 0) is 14.9 Å². The third-order valence-electron chi connectivity index (χ3n) is 4.15. The maximum atomic E-state index is 13.4. The molecule has 1 atom stereocenters. The van der Waals surface area contributed by atoms with E-state index >= 15 is 0 Å². The number of ether oxygens (including phenoxy) is 2. The molecule has 1 saturated carbocycles. The molecule has 3 nitrogen and oxygen atoms in total. The predicted molar refractivity (Wildman–Crippen MR) is 69.6 cm³/mol. The van der Waals surface area contributed by atoms with Crippen LogP contribution in [-0.4, -0.2) is 30.4 Å².